The van der Waals surface area contributed by atoms with Crippen molar-refractivity contribution in [2.24, 2.45) is 0 Å². The van der Waals surface area contributed by atoms with Crippen molar-refractivity contribution in [3.63, 3.8) is 0 Å². The second kappa shape index (κ2) is 5.64. The standard InChI is InChI=1S/C12H7F3N2O4S/c13-9-4-2-8(6-11(9)15)22(20,21)16-12-5-7(17(18)19)1-3-10(12)14/h1-6,16H. The van der Waals surface area contributed by atoms with Crippen LogP contribution in [0.25, 0.3) is 0 Å². The molecule has 0 aromatic heterocycles. The second-order valence-corrected chi connectivity index (χ2v) is 5.79. The Morgan fingerprint density at radius 3 is 2.18 bits per heavy atom. The van der Waals surface area contributed by atoms with Gasteiger partial charge < -0.3 is 0 Å². The van der Waals surface area contributed by atoms with Crippen molar-refractivity contribution in [1.29, 1.82) is 0 Å². The summed E-state index contributed by atoms with van der Waals surface area (Å²) in [5.41, 5.74) is -1.22. The highest BCUT2D eigenvalue weighted by Crippen LogP contribution is 2.24. The molecule has 22 heavy (non-hydrogen) atoms. The number of hydrogen-bond acceptors (Lipinski definition) is 4. The average Bonchev–Trinajstić information content (AvgIpc) is 2.43. The number of anilines is 1. The Balaban J connectivity index is 2.42. The van der Waals surface area contributed by atoms with Crippen LogP contribution in [0.5, 0.6) is 0 Å². The lowest BCUT2D eigenvalue weighted by Crippen LogP contribution is -2.14. The van der Waals surface area contributed by atoms with E-state index in [1.165, 1.54) is 0 Å². The number of non-ortho nitro benzene ring substituents is 1. The van der Waals surface area contributed by atoms with Crippen LogP contribution in [-0.4, -0.2) is 13.3 Å². The molecule has 0 bridgehead atoms. The molecule has 0 atom stereocenters. The predicted molar refractivity (Wildman–Crippen MR) is 70.2 cm³/mol. The third kappa shape index (κ3) is 3.17. The minimum Gasteiger partial charge on any atom is -0.276 e. The van der Waals surface area contributed by atoms with Crippen LogP contribution in [0.2, 0.25) is 0 Å². The van der Waals surface area contributed by atoms with E-state index >= 15 is 0 Å². The molecule has 0 aliphatic heterocycles. The molecule has 0 radical (unpaired) electrons. The van der Waals surface area contributed by atoms with Crippen LogP contribution in [0, 0.1) is 27.6 Å². The number of nitro groups is 1. The first-order chi connectivity index (χ1) is 10.2. The Labute approximate surface area is 122 Å². The Morgan fingerprint density at radius 1 is 0.955 bits per heavy atom. The van der Waals surface area contributed by atoms with Crippen LogP contribution in [0.15, 0.2) is 41.3 Å². The molecule has 2 aromatic carbocycles. The molecule has 2 rings (SSSR count). The molecule has 0 aliphatic rings. The molecule has 10 heteroatoms. The number of sulfonamides is 1. The largest absolute Gasteiger partial charge is 0.276 e. The number of nitrogens with zero attached hydrogens (tertiary/aromatic N) is 1. The molecule has 0 saturated carbocycles. The molecular weight excluding hydrogens is 325 g/mol. The smallest absolute Gasteiger partial charge is 0.271 e. The monoisotopic (exact) mass is 332 g/mol. The Kier molecular flexibility index (Phi) is 4.04. The molecule has 6 nitrogen and oxygen atoms in total. The average molecular weight is 332 g/mol. The van der Waals surface area contributed by atoms with Gasteiger partial charge in [0.05, 0.1) is 15.5 Å². The lowest BCUT2D eigenvalue weighted by Gasteiger charge is -2.09. The van der Waals surface area contributed by atoms with Gasteiger partial charge in [0.2, 0.25) is 0 Å². The van der Waals surface area contributed by atoms with E-state index < -0.39 is 48.7 Å². The van der Waals surface area contributed by atoms with E-state index in [2.05, 4.69) is 0 Å². The van der Waals surface area contributed by atoms with Gasteiger partial charge in [-0.05, 0) is 24.3 Å². The zero-order valence-electron chi connectivity index (χ0n) is 10.6. The van der Waals surface area contributed by atoms with Gasteiger partial charge >= 0.3 is 0 Å². The van der Waals surface area contributed by atoms with Gasteiger partial charge in [-0.25, -0.2) is 21.6 Å². The lowest BCUT2D eigenvalue weighted by atomic mass is 10.3. The summed E-state index contributed by atoms with van der Waals surface area (Å²) in [6.45, 7) is 0. The molecule has 116 valence electrons. The van der Waals surface area contributed by atoms with Gasteiger partial charge in [0.25, 0.3) is 15.7 Å². The van der Waals surface area contributed by atoms with Gasteiger partial charge in [-0.2, -0.15) is 0 Å². The van der Waals surface area contributed by atoms with Crippen LogP contribution in [0.4, 0.5) is 24.5 Å². The predicted octanol–water partition coefficient (Wildman–Crippen LogP) is 2.81. The summed E-state index contributed by atoms with van der Waals surface area (Å²) in [6.07, 6.45) is 0. The van der Waals surface area contributed by atoms with Gasteiger partial charge in [-0.3, -0.25) is 14.8 Å². The summed E-state index contributed by atoms with van der Waals surface area (Å²) in [6, 6.07) is 4.01. The fourth-order valence-electron chi connectivity index (χ4n) is 1.55. The number of rotatable bonds is 4. The molecule has 0 saturated heterocycles. The normalized spacial score (nSPS) is 11.2. The Hall–Kier alpha value is -2.62. The van der Waals surface area contributed by atoms with Crippen LogP contribution >= 0.6 is 0 Å². The Morgan fingerprint density at radius 2 is 1.59 bits per heavy atom. The van der Waals surface area contributed by atoms with E-state index in [1.54, 1.807) is 4.72 Å². The minimum atomic E-state index is -4.44. The highest BCUT2D eigenvalue weighted by Gasteiger charge is 2.20. The maximum Gasteiger partial charge on any atom is 0.271 e. The summed E-state index contributed by atoms with van der Waals surface area (Å²) in [7, 11) is -4.44. The van der Waals surface area contributed by atoms with Gasteiger partial charge in [-0.1, -0.05) is 0 Å². The van der Waals surface area contributed by atoms with Gasteiger partial charge in [-0.15, -0.1) is 0 Å². The molecule has 0 spiro atoms. The molecular formula is C12H7F3N2O4S. The summed E-state index contributed by atoms with van der Waals surface area (Å²) in [4.78, 5) is 9.10. The number of hydrogen-bond donors (Lipinski definition) is 1. The molecule has 0 fully saturated rings. The van der Waals surface area contributed by atoms with E-state index in [0.717, 1.165) is 12.1 Å². The van der Waals surface area contributed by atoms with Crippen molar-refractivity contribution in [3.8, 4) is 0 Å². The maximum atomic E-state index is 13.5. The van der Waals surface area contributed by atoms with Crippen molar-refractivity contribution < 1.29 is 26.5 Å². The number of nitro benzene ring substituents is 1. The van der Waals surface area contributed by atoms with Crippen molar-refractivity contribution >= 4 is 21.4 Å². The fraction of sp³-hybridized carbons (Fsp3) is 0. The van der Waals surface area contributed by atoms with Crippen LogP contribution in [0.1, 0.15) is 0 Å². The van der Waals surface area contributed by atoms with Crippen LogP contribution < -0.4 is 4.72 Å². The first-order valence-electron chi connectivity index (χ1n) is 5.62. The van der Waals surface area contributed by atoms with Gasteiger partial charge in [0, 0.05) is 12.1 Å². The first-order valence-corrected chi connectivity index (χ1v) is 7.11. The van der Waals surface area contributed by atoms with Crippen molar-refractivity contribution in [1.82, 2.24) is 0 Å². The number of nitrogens with one attached hydrogen (secondary N) is 1. The number of benzene rings is 2. The molecule has 0 heterocycles. The first kappa shape index (κ1) is 15.8. The summed E-state index contributed by atoms with van der Waals surface area (Å²) < 4.78 is 65.1. The van der Waals surface area contributed by atoms with Crippen LogP contribution in [-0.2, 0) is 10.0 Å². The quantitative estimate of drug-likeness (QED) is 0.689. The highest BCUT2D eigenvalue weighted by atomic mass is 32.2. The molecule has 1 N–H and O–H groups in total. The summed E-state index contributed by atoms with van der Waals surface area (Å²) in [5.74, 6) is -3.71. The highest BCUT2D eigenvalue weighted by molar-refractivity contribution is 7.92. The van der Waals surface area contributed by atoms with Crippen LogP contribution in [0.3, 0.4) is 0 Å². The molecule has 2 aromatic rings. The minimum absolute atomic E-state index is 0.410. The third-order valence-corrected chi connectivity index (χ3v) is 3.97. The lowest BCUT2D eigenvalue weighted by molar-refractivity contribution is -0.384. The fourth-order valence-corrected chi connectivity index (χ4v) is 2.62. The van der Waals surface area contributed by atoms with E-state index in [4.69, 9.17) is 0 Å². The second-order valence-electron chi connectivity index (χ2n) is 4.10. The zero-order valence-corrected chi connectivity index (χ0v) is 11.4. The zero-order chi connectivity index (χ0) is 16.5. The van der Waals surface area contributed by atoms with Gasteiger partial charge in [0.1, 0.15) is 5.82 Å². The van der Waals surface area contributed by atoms with E-state index in [9.17, 15) is 31.7 Å². The summed E-state index contributed by atoms with van der Waals surface area (Å²) in [5, 5.41) is 10.6. The maximum absolute atomic E-state index is 13.5. The van der Waals surface area contributed by atoms with Crippen molar-refractivity contribution in [2.45, 2.75) is 4.90 Å². The van der Waals surface area contributed by atoms with E-state index in [-0.39, 0.29) is 0 Å². The van der Waals surface area contributed by atoms with E-state index in [1.807, 2.05) is 0 Å². The SMILES string of the molecule is O=[N+]([O-])c1ccc(F)c(NS(=O)(=O)c2ccc(F)c(F)c2)c1. The molecule has 0 unspecified atom stereocenters. The number of halogens is 3. The topological polar surface area (TPSA) is 89.3 Å². The van der Waals surface area contributed by atoms with Crippen molar-refractivity contribution in [3.05, 3.63) is 64.0 Å². The summed E-state index contributed by atoms with van der Waals surface area (Å²) >= 11 is 0. The Bertz CT molecular complexity index is 855. The third-order valence-electron chi connectivity index (χ3n) is 2.61. The molecule has 0 aliphatic carbocycles. The van der Waals surface area contributed by atoms with E-state index in [0.29, 0.717) is 24.3 Å². The van der Waals surface area contributed by atoms with Crippen molar-refractivity contribution in [2.75, 3.05) is 4.72 Å². The molecule has 0 amide bonds. The van der Waals surface area contributed by atoms with Gasteiger partial charge in [0.15, 0.2) is 11.6 Å².